The lowest BCUT2D eigenvalue weighted by atomic mass is 10.1. The first-order valence-corrected chi connectivity index (χ1v) is 11.7. The zero-order valence-corrected chi connectivity index (χ0v) is 20.0. The standard InChI is InChI=1S/C23H28Cl2N6O/c1-3-31-21-16(13-19(22(31)32)18-14-17(24)5-6-20(18)25)15-27-23(28-21)26-7-4-8-30-11-9-29(2)10-12-30/h5-6,13-15H,3-4,7-12H2,1-2H3,(H,26,27,28). The van der Waals surface area contributed by atoms with Crippen molar-refractivity contribution in [2.75, 3.05) is 51.6 Å². The molecule has 0 saturated carbocycles. The van der Waals surface area contributed by atoms with E-state index in [4.69, 9.17) is 23.2 Å². The van der Waals surface area contributed by atoms with E-state index in [9.17, 15) is 4.79 Å². The van der Waals surface area contributed by atoms with Crippen LogP contribution in [0.25, 0.3) is 22.2 Å². The molecule has 0 radical (unpaired) electrons. The van der Waals surface area contributed by atoms with Gasteiger partial charge in [0.1, 0.15) is 5.65 Å². The van der Waals surface area contributed by atoms with Crippen molar-refractivity contribution >= 4 is 40.2 Å². The number of hydrogen-bond acceptors (Lipinski definition) is 6. The van der Waals surface area contributed by atoms with Gasteiger partial charge in [0.2, 0.25) is 5.95 Å². The topological polar surface area (TPSA) is 66.3 Å². The third kappa shape index (κ3) is 5.07. The quantitative estimate of drug-likeness (QED) is 0.524. The number of likely N-dealkylation sites (N-methyl/N-ethyl adjacent to an activating group) is 1. The van der Waals surface area contributed by atoms with Crippen LogP contribution in [0.3, 0.4) is 0 Å². The van der Waals surface area contributed by atoms with Gasteiger partial charge in [-0.3, -0.25) is 9.36 Å². The van der Waals surface area contributed by atoms with E-state index in [0.717, 1.165) is 51.1 Å². The Kier molecular flexibility index (Phi) is 7.30. The molecule has 3 heterocycles. The van der Waals surface area contributed by atoms with Crippen LogP contribution in [0.5, 0.6) is 0 Å². The van der Waals surface area contributed by atoms with Gasteiger partial charge in [0.25, 0.3) is 5.56 Å². The number of rotatable bonds is 7. The number of benzene rings is 1. The Morgan fingerprint density at radius 3 is 2.62 bits per heavy atom. The molecule has 0 atom stereocenters. The smallest absolute Gasteiger partial charge is 0.260 e. The molecule has 9 heteroatoms. The van der Waals surface area contributed by atoms with E-state index in [-0.39, 0.29) is 5.56 Å². The van der Waals surface area contributed by atoms with Crippen molar-refractivity contribution in [2.45, 2.75) is 19.9 Å². The first-order chi connectivity index (χ1) is 15.5. The number of halogens is 2. The molecule has 1 aromatic carbocycles. The molecule has 0 bridgehead atoms. The molecule has 32 heavy (non-hydrogen) atoms. The minimum absolute atomic E-state index is 0.149. The number of aromatic nitrogens is 3. The summed E-state index contributed by atoms with van der Waals surface area (Å²) in [6, 6.07) is 6.91. The summed E-state index contributed by atoms with van der Waals surface area (Å²) in [5, 5.41) is 5.09. The van der Waals surface area contributed by atoms with Gasteiger partial charge in [-0.25, -0.2) is 4.98 Å². The van der Waals surface area contributed by atoms with E-state index in [0.29, 0.717) is 39.3 Å². The van der Waals surface area contributed by atoms with E-state index in [1.54, 1.807) is 35.0 Å². The molecule has 1 N–H and O–H groups in total. The van der Waals surface area contributed by atoms with Crippen LogP contribution in [0, 0.1) is 0 Å². The van der Waals surface area contributed by atoms with Crippen molar-refractivity contribution in [1.82, 2.24) is 24.3 Å². The van der Waals surface area contributed by atoms with E-state index >= 15 is 0 Å². The highest BCUT2D eigenvalue weighted by Gasteiger charge is 2.16. The van der Waals surface area contributed by atoms with Gasteiger partial charge in [0, 0.05) is 72.0 Å². The summed E-state index contributed by atoms with van der Waals surface area (Å²) < 4.78 is 1.65. The number of nitrogens with zero attached hydrogens (tertiary/aromatic N) is 5. The maximum absolute atomic E-state index is 13.2. The van der Waals surface area contributed by atoms with E-state index in [1.807, 2.05) is 6.92 Å². The predicted octanol–water partition coefficient (Wildman–Crippen LogP) is 3.83. The Bertz CT molecular complexity index is 1160. The average molecular weight is 475 g/mol. The summed E-state index contributed by atoms with van der Waals surface area (Å²) in [4.78, 5) is 27.2. The second-order valence-electron chi connectivity index (χ2n) is 8.13. The van der Waals surface area contributed by atoms with E-state index < -0.39 is 0 Å². The number of hydrogen-bond donors (Lipinski definition) is 1. The predicted molar refractivity (Wildman–Crippen MR) is 132 cm³/mol. The van der Waals surface area contributed by atoms with Crippen molar-refractivity contribution in [2.24, 2.45) is 0 Å². The fourth-order valence-electron chi connectivity index (χ4n) is 4.01. The van der Waals surface area contributed by atoms with Gasteiger partial charge in [-0.05, 0) is 51.2 Å². The molecular weight excluding hydrogens is 447 g/mol. The molecule has 0 spiro atoms. The van der Waals surface area contributed by atoms with Crippen LogP contribution in [0.2, 0.25) is 10.0 Å². The monoisotopic (exact) mass is 474 g/mol. The summed E-state index contributed by atoms with van der Waals surface area (Å²) in [5.74, 6) is 0.533. The fourth-order valence-corrected chi connectivity index (χ4v) is 4.40. The molecule has 1 fully saturated rings. The van der Waals surface area contributed by atoms with Gasteiger partial charge in [-0.2, -0.15) is 4.98 Å². The average Bonchev–Trinajstić information content (AvgIpc) is 2.79. The van der Waals surface area contributed by atoms with E-state index in [2.05, 4.69) is 32.1 Å². The number of pyridine rings is 1. The normalized spacial score (nSPS) is 15.4. The largest absolute Gasteiger partial charge is 0.354 e. The van der Waals surface area contributed by atoms with Crippen molar-refractivity contribution in [3.63, 3.8) is 0 Å². The highest BCUT2D eigenvalue weighted by atomic mass is 35.5. The lowest BCUT2D eigenvalue weighted by molar-refractivity contribution is 0.154. The summed E-state index contributed by atoms with van der Waals surface area (Å²) in [6.45, 7) is 8.73. The van der Waals surface area contributed by atoms with E-state index in [1.165, 1.54) is 0 Å². The molecule has 4 rings (SSSR count). The van der Waals surface area contributed by atoms with Crippen LogP contribution in [-0.4, -0.2) is 70.7 Å². The zero-order valence-electron chi connectivity index (χ0n) is 18.4. The second kappa shape index (κ2) is 10.2. The Morgan fingerprint density at radius 2 is 1.88 bits per heavy atom. The molecular formula is C23H28Cl2N6O. The number of piperazine rings is 1. The third-order valence-corrected chi connectivity index (χ3v) is 6.46. The number of aryl methyl sites for hydroxylation is 1. The SMILES string of the molecule is CCn1c(=O)c(-c2cc(Cl)ccc2Cl)cc2cnc(NCCCN3CCN(C)CC3)nc21. The Balaban J connectivity index is 1.52. The Labute approximate surface area is 198 Å². The van der Waals surface area contributed by atoms with Crippen molar-refractivity contribution in [3.8, 4) is 11.1 Å². The van der Waals surface area contributed by atoms with Crippen LogP contribution in [0.4, 0.5) is 5.95 Å². The van der Waals surface area contributed by atoms with Gasteiger partial charge < -0.3 is 15.1 Å². The highest BCUT2D eigenvalue weighted by Crippen LogP contribution is 2.30. The van der Waals surface area contributed by atoms with Crippen LogP contribution in [-0.2, 0) is 6.54 Å². The molecule has 170 valence electrons. The Morgan fingerprint density at radius 1 is 1.09 bits per heavy atom. The first kappa shape index (κ1) is 23.0. The lowest BCUT2D eigenvalue weighted by Crippen LogP contribution is -2.44. The second-order valence-corrected chi connectivity index (χ2v) is 8.97. The molecule has 0 unspecified atom stereocenters. The molecule has 2 aromatic heterocycles. The van der Waals surface area contributed by atoms with Crippen LogP contribution in [0.1, 0.15) is 13.3 Å². The Hall–Kier alpha value is -2.19. The highest BCUT2D eigenvalue weighted by molar-refractivity contribution is 6.35. The molecule has 3 aromatic rings. The van der Waals surface area contributed by atoms with Gasteiger partial charge >= 0.3 is 0 Å². The number of fused-ring (bicyclic) bond motifs is 1. The number of anilines is 1. The first-order valence-electron chi connectivity index (χ1n) is 11.0. The molecule has 1 saturated heterocycles. The lowest BCUT2D eigenvalue weighted by Gasteiger charge is -2.32. The molecule has 1 aliphatic heterocycles. The van der Waals surface area contributed by atoms with Gasteiger partial charge in [-0.1, -0.05) is 23.2 Å². The maximum Gasteiger partial charge on any atom is 0.260 e. The summed E-state index contributed by atoms with van der Waals surface area (Å²) in [7, 11) is 2.17. The van der Waals surface area contributed by atoms with Gasteiger partial charge in [-0.15, -0.1) is 0 Å². The fraction of sp³-hybridized carbons (Fsp3) is 0.435. The molecule has 7 nitrogen and oxygen atoms in total. The van der Waals surface area contributed by atoms with Crippen LogP contribution < -0.4 is 10.9 Å². The molecule has 0 aliphatic carbocycles. The minimum atomic E-state index is -0.149. The van der Waals surface area contributed by atoms with Crippen LogP contribution >= 0.6 is 23.2 Å². The van der Waals surface area contributed by atoms with Crippen LogP contribution in [0.15, 0.2) is 35.3 Å². The summed E-state index contributed by atoms with van der Waals surface area (Å²) in [6.07, 6.45) is 2.76. The molecule has 1 aliphatic rings. The van der Waals surface area contributed by atoms with Gasteiger partial charge in [0.05, 0.1) is 0 Å². The maximum atomic E-state index is 13.2. The minimum Gasteiger partial charge on any atom is -0.354 e. The van der Waals surface area contributed by atoms with Crippen molar-refractivity contribution in [1.29, 1.82) is 0 Å². The molecule has 0 amide bonds. The van der Waals surface area contributed by atoms with Crippen molar-refractivity contribution in [3.05, 3.63) is 50.9 Å². The summed E-state index contributed by atoms with van der Waals surface area (Å²) >= 11 is 12.5. The summed E-state index contributed by atoms with van der Waals surface area (Å²) in [5.41, 5.74) is 1.56. The van der Waals surface area contributed by atoms with Crippen molar-refractivity contribution < 1.29 is 0 Å². The van der Waals surface area contributed by atoms with Gasteiger partial charge in [0.15, 0.2) is 0 Å². The third-order valence-electron chi connectivity index (χ3n) is 5.89. The zero-order chi connectivity index (χ0) is 22.7. The number of nitrogens with one attached hydrogen (secondary N) is 1.